The Balaban J connectivity index is 2.71. The molecule has 0 aromatic heterocycles. The van der Waals surface area contributed by atoms with E-state index in [1.165, 1.54) is 0 Å². The fourth-order valence-corrected chi connectivity index (χ4v) is 1.58. The highest BCUT2D eigenvalue weighted by atomic mass is 19.1. The fourth-order valence-electron chi connectivity index (χ4n) is 1.58. The number of halogens is 1. The number of hydrogen-bond donors (Lipinski definition) is 0. The molecule has 14 heavy (non-hydrogen) atoms. The summed E-state index contributed by atoms with van der Waals surface area (Å²) in [4.78, 5) is 2.18. The van der Waals surface area contributed by atoms with Gasteiger partial charge in [0.2, 0.25) is 0 Å². The van der Waals surface area contributed by atoms with Crippen LogP contribution in [0, 0.1) is 17.8 Å². The number of alkyl halides is 1. The first-order chi connectivity index (χ1) is 6.41. The molecule has 1 aliphatic heterocycles. The normalized spacial score (nSPS) is 30.1. The SMILES string of the molecule is C[C@@H]1C#CCCN(C(C)(C)C)CC1F. The Morgan fingerprint density at radius 3 is 2.57 bits per heavy atom. The van der Waals surface area contributed by atoms with Gasteiger partial charge in [-0.1, -0.05) is 5.92 Å². The second kappa shape index (κ2) is 4.31. The maximum Gasteiger partial charge on any atom is 0.126 e. The standard InChI is InChI=1S/C12H20FN/c1-10-7-5-6-8-14(9-11(10)13)12(2,3)4/h10-11H,6,8-9H2,1-4H3/t10-,11?/m1/s1. The maximum atomic E-state index is 13.7. The van der Waals surface area contributed by atoms with Gasteiger partial charge in [-0.15, -0.1) is 5.92 Å². The first-order valence-corrected chi connectivity index (χ1v) is 5.29. The highest BCUT2D eigenvalue weighted by Gasteiger charge is 2.26. The third-order valence-corrected chi connectivity index (χ3v) is 2.72. The Hall–Kier alpha value is -0.550. The molecular weight excluding hydrogens is 177 g/mol. The molecule has 0 N–H and O–H groups in total. The topological polar surface area (TPSA) is 3.24 Å². The summed E-state index contributed by atoms with van der Waals surface area (Å²) in [6.45, 7) is 9.63. The molecule has 0 saturated carbocycles. The summed E-state index contributed by atoms with van der Waals surface area (Å²) < 4.78 is 13.7. The Morgan fingerprint density at radius 2 is 2.00 bits per heavy atom. The van der Waals surface area contributed by atoms with Gasteiger partial charge in [0, 0.05) is 31.0 Å². The highest BCUT2D eigenvalue weighted by molar-refractivity contribution is 5.07. The van der Waals surface area contributed by atoms with Crippen molar-refractivity contribution in [3.8, 4) is 11.8 Å². The molecule has 0 spiro atoms. The Labute approximate surface area is 86.7 Å². The minimum absolute atomic E-state index is 0.0447. The summed E-state index contributed by atoms with van der Waals surface area (Å²) in [5.74, 6) is 5.87. The van der Waals surface area contributed by atoms with Crippen LogP contribution in [-0.4, -0.2) is 29.7 Å². The van der Waals surface area contributed by atoms with Crippen molar-refractivity contribution in [3.05, 3.63) is 0 Å². The summed E-state index contributed by atoms with van der Waals surface area (Å²) in [5.41, 5.74) is 0.0447. The molecule has 2 atom stereocenters. The van der Waals surface area contributed by atoms with E-state index in [0.29, 0.717) is 6.54 Å². The summed E-state index contributed by atoms with van der Waals surface area (Å²) in [5, 5.41) is 0. The van der Waals surface area contributed by atoms with Crippen LogP contribution in [0.1, 0.15) is 34.1 Å². The largest absolute Gasteiger partial charge is 0.295 e. The minimum Gasteiger partial charge on any atom is -0.295 e. The van der Waals surface area contributed by atoms with Crippen molar-refractivity contribution < 1.29 is 4.39 Å². The van der Waals surface area contributed by atoms with E-state index in [0.717, 1.165) is 13.0 Å². The summed E-state index contributed by atoms with van der Waals surface area (Å²) in [6, 6.07) is 0. The molecule has 0 aromatic rings. The molecule has 0 amide bonds. The van der Waals surface area contributed by atoms with E-state index in [-0.39, 0.29) is 11.5 Å². The molecule has 80 valence electrons. The second-order valence-corrected chi connectivity index (χ2v) is 4.99. The molecule has 0 aromatic carbocycles. The molecule has 1 unspecified atom stereocenters. The van der Waals surface area contributed by atoms with Crippen LogP contribution in [0.4, 0.5) is 4.39 Å². The van der Waals surface area contributed by atoms with Crippen LogP contribution in [0.5, 0.6) is 0 Å². The van der Waals surface area contributed by atoms with Gasteiger partial charge in [0.05, 0.1) is 0 Å². The van der Waals surface area contributed by atoms with Crippen LogP contribution >= 0.6 is 0 Å². The van der Waals surface area contributed by atoms with E-state index in [9.17, 15) is 4.39 Å². The molecule has 0 fully saturated rings. The van der Waals surface area contributed by atoms with E-state index in [4.69, 9.17) is 0 Å². The van der Waals surface area contributed by atoms with Crippen LogP contribution in [0.2, 0.25) is 0 Å². The van der Waals surface area contributed by atoms with E-state index >= 15 is 0 Å². The first kappa shape index (κ1) is 11.5. The average Bonchev–Trinajstić information content (AvgIpc) is 2.04. The van der Waals surface area contributed by atoms with Gasteiger partial charge in [0.25, 0.3) is 0 Å². The average molecular weight is 197 g/mol. The molecule has 1 aliphatic rings. The van der Waals surface area contributed by atoms with Gasteiger partial charge in [-0.3, -0.25) is 4.90 Å². The zero-order valence-electron chi connectivity index (χ0n) is 9.60. The smallest absolute Gasteiger partial charge is 0.126 e. The third kappa shape index (κ3) is 2.99. The molecule has 0 saturated heterocycles. The molecule has 2 heteroatoms. The Kier molecular flexibility index (Phi) is 3.55. The van der Waals surface area contributed by atoms with Crippen LogP contribution in [0.15, 0.2) is 0 Å². The predicted octanol–water partition coefficient (Wildman–Crippen LogP) is 2.47. The lowest BCUT2D eigenvalue weighted by Gasteiger charge is -2.37. The molecular formula is C12H20FN. The van der Waals surface area contributed by atoms with E-state index in [1.807, 2.05) is 6.92 Å². The van der Waals surface area contributed by atoms with Crippen LogP contribution in [0.25, 0.3) is 0 Å². The van der Waals surface area contributed by atoms with Crippen LogP contribution in [0.3, 0.4) is 0 Å². The van der Waals surface area contributed by atoms with Gasteiger partial charge in [-0.25, -0.2) is 4.39 Å². The van der Waals surface area contributed by atoms with Crippen molar-refractivity contribution in [3.63, 3.8) is 0 Å². The lowest BCUT2D eigenvalue weighted by atomic mass is 9.99. The highest BCUT2D eigenvalue weighted by Crippen LogP contribution is 2.19. The molecule has 1 nitrogen and oxygen atoms in total. The van der Waals surface area contributed by atoms with Gasteiger partial charge in [-0.05, 0) is 27.7 Å². The minimum atomic E-state index is -0.818. The summed E-state index contributed by atoms with van der Waals surface area (Å²) >= 11 is 0. The summed E-state index contributed by atoms with van der Waals surface area (Å²) in [6.07, 6.45) is 0.0379. The van der Waals surface area contributed by atoms with E-state index in [2.05, 4.69) is 37.5 Å². The molecule has 0 bridgehead atoms. The maximum absolute atomic E-state index is 13.7. The third-order valence-electron chi connectivity index (χ3n) is 2.72. The quantitative estimate of drug-likeness (QED) is 0.539. The van der Waals surface area contributed by atoms with Crippen molar-refractivity contribution in [2.24, 2.45) is 5.92 Å². The van der Waals surface area contributed by atoms with Crippen molar-refractivity contribution in [2.75, 3.05) is 13.1 Å². The van der Waals surface area contributed by atoms with Crippen LogP contribution < -0.4 is 0 Å². The Bertz CT molecular complexity index is 243. The molecule has 0 aliphatic carbocycles. The van der Waals surface area contributed by atoms with Gasteiger partial charge in [-0.2, -0.15) is 0 Å². The van der Waals surface area contributed by atoms with Gasteiger partial charge < -0.3 is 0 Å². The summed E-state index contributed by atoms with van der Waals surface area (Å²) in [7, 11) is 0. The number of nitrogens with zero attached hydrogens (tertiary/aromatic N) is 1. The van der Waals surface area contributed by atoms with Crippen molar-refractivity contribution in [1.82, 2.24) is 4.90 Å². The lowest BCUT2D eigenvalue weighted by molar-refractivity contribution is 0.0878. The lowest BCUT2D eigenvalue weighted by Crippen LogP contribution is -2.46. The first-order valence-electron chi connectivity index (χ1n) is 5.29. The number of rotatable bonds is 0. The van der Waals surface area contributed by atoms with E-state index in [1.54, 1.807) is 0 Å². The van der Waals surface area contributed by atoms with Crippen molar-refractivity contribution in [1.29, 1.82) is 0 Å². The zero-order valence-corrected chi connectivity index (χ0v) is 9.60. The van der Waals surface area contributed by atoms with Crippen LogP contribution in [-0.2, 0) is 0 Å². The van der Waals surface area contributed by atoms with E-state index < -0.39 is 6.17 Å². The van der Waals surface area contributed by atoms with Crippen molar-refractivity contribution in [2.45, 2.75) is 45.8 Å². The van der Waals surface area contributed by atoms with Gasteiger partial charge in [0.1, 0.15) is 6.17 Å². The number of hydrogen-bond acceptors (Lipinski definition) is 1. The monoisotopic (exact) mass is 197 g/mol. The fraction of sp³-hybridized carbons (Fsp3) is 0.833. The molecule has 0 radical (unpaired) electrons. The Morgan fingerprint density at radius 1 is 1.36 bits per heavy atom. The van der Waals surface area contributed by atoms with Crippen molar-refractivity contribution >= 4 is 0 Å². The predicted molar refractivity (Wildman–Crippen MR) is 57.8 cm³/mol. The zero-order chi connectivity index (χ0) is 10.8. The van der Waals surface area contributed by atoms with Gasteiger partial charge in [0.15, 0.2) is 0 Å². The van der Waals surface area contributed by atoms with Gasteiger partial charge >= 0.3 is 0 Å². The molecule has 1 heterocycles. The molecule has 1 rings (SSSR count). The second-order valence-electron chi connectivity index (χ2n) is 4.99.